The number of benzene rings is 1. The summed E-state index contributed by atoms with van der Waals surface area (Å²) in [5.41, 5.74) is 3.63. The van der Waals surface area contributed by atoms with Crippen molar-refractivity contribution in [3.05, 3.63) is 29.3 Å². The van der Waals surface area contributed by atoms with Gasteiger partial charge in [0.15, 0.2) is 0 Å². The molecule has 0 aliphatic heterocycles. The molecule has 2 heteroatoms. The summed E-state index contributed by atoms with van der Waals surface area (Å²) in [5.74, 6) is 1.70. The van der Waals surface area contributed by atoms with Crippen LogP contribution in [0.15, 0.2) is 18.2 Å². The predicted molar refractivity (Wildman–Crippen MR) is 86.0 cm³/mol. The maximum Gasteiger partial charge on any atom is 0.119 e. The Hall–Kier alpha value is -1.02. The van der Waals surface area contributed by atoms with Crippen LogP contribution in [0.25, 0.3) is 0 Å². The molecule has 21 heavy (non-hydrogen) atoms. The second-order valence-corrected chi connectivity index (χ2v) is 7.47. The van der Waals surface area contributed by atoms with E-state index in [1.807, 2.05) is 7.11 Å². The molecule has 3 rings (SSSR count). The minimum atomic E-state index is 0.271. The normalized spacial score (nSPS) is 35.0. The van der Waals surface area contributed by atoms with Crippen LogP contribution in [0, 0.1) is 11.3 Å². The van der Waals surface area contributed by atoms with Gasteiger partial charge in [0.2, 0.25) is 0 Å². The highest BCUT2D eigenvalue weighted by molar-refractivity contribution is 5.43. The standard InChI is InChI=1S/C19H28O2/c1-18(13-20-3)10-5-11-19(2)16-12-15(21-4)8-6-14(16)7-9-17(18)19/h6,8,12,17H,5,7,9-11,13H2,1-4H3/t17-,18+,19+/m0/s1. The Bertz CT molecular complexity index is 520. The maximum absolute atomic E-state index is 5.59. The first-order valence-corrected chi connectivity index (χ1v) is 8.20. The van der Waals surface area contributed by atoms with E-state index in [1.54, 1.807) is 7.11 Å². The van der Waals surface area contributed by atoms with Crippen LogP contribution in [0.2, 0.25) is 0 Å². The number of ether oxygens (including phenoxy) is 2. The maximum atomic E-state index is 5.59. The van der Waals surface area contributed by atoms with Gasteiger partial charge in [-0.25, -0.2) is 0 Å². The van der Waals surface area contributed by atoms with Crippen molar-refractivity contribution in [1.29, 1.82) is 0 Å². The monoisotopic (exact) mass is 288 g/mol. The van der Waals surface area contributed by atoms with Crippen LogP contribution in [0.1, 0.15) is 50.7 Å². The van der Waals surface area contributed by atoms with E-state index in [9.17, 15) is 0 Å². The highest BCUT2D eigenvalue weighted by atomic mass is 16.5. The first kappa shape index (κ1) is 14.9. The van der Waals surface area contributed by atoms with E-state index in [2.05, 4.69) is 32.0 Å². The van der Waals surface area contributed by atoms with Gasteiger partial charge in [0.25, 0.3) is 0 Å². The minimum Gasteiger partial charge on any atom is -0.497 e. The van der Waals surface area contributed by atoms with Gasteiger partial charge in [-0.1, -0.05) is 26.3 Å². The van der Waals surface area contributed by atoms with Crippen LogP contribution in [0.3, 0.4) is 0 Å². The molecule has 0 amide bonds. The van der Waals surface area contributed by atoms with E-state index in [0.717, 1.165) is 12.4 Å². The van der Waals surface area contributed by atoms with Crippen molar-refractivity contribution in [2.45, 2.75) is 51.4 Å². The Morgan fingerprint density at radius 1 is 1.19 bits per heavy atom. The van der Waals surface area contributed by atoms with Gasteiger partial charge in [0.1, 0.15) is 5.75 Å². The minimum absolute atomic E-state index is 0.271. The lowest BCUT2D eigenvalue weighted by molar-refractivity contribution is -0.0324. The zero-order chi connectivity index (χ0) is 15.1. The summed E-state index contributed by atoms with van der Waals surface area (Å²) in [4.78, 5) is 0. The summed E-state index contributed by atoms with van der Waals surface area (Å²) < 4.78 is 11.1. The van der Waals surface area contributed by atoms with Crippen molar-refractivity contribution in [2.24, 2.45) is 11.3 Å². The van der Waals surface area contributed by atoms with E-state index >= 15 is 0 Å². The molecule has 2 aliphatic rings. The van der Waals surface area contributed by atoms with E-state index in [-0.39, 0.29) is 5.41 Å². The van der Waals surface area contributed by atoms with Crippen molar-refractivity contribution in [3.8, 4) is 5.75 Å². The zero-order valence-electron chi connectivity index (χ0n) is 13.9. The van der Waals surface area contributed by atoms with Crippen molar-refractivity contribution < 1.29 is 9.47 Å². The summed E-state index contributed by atoms with van der Waals surface area (Å²) in [5, 5.41) is 0. The Labute approximate surface area is 128 Å². The fraction of sp³-hybridized carbons (Fsp3) is 0.684. The number of hydrogen-bond donors (Lipinski definition) is 0. The van der Waals surface area contributed by atoms with E-state index in [0.29, 0.717) is 11.3 Å². The summed E-state index contributed by atoms with van der Waals surface area (Å²) >= 11 is 0. The zero-order valence-corrected chi connectivity index (χ0v) is 13.9. The van der Waals surface area contributed by atoms with Gasteiger partial charge >= 0.3 is 0 Å². The molecule has 3 atom stereocenters. The summed E-state index contributed by atoms with van der Waals surface area (Å²) in [7, 11) is 3.61. The van der Waals surface area contributed by atoms with Crippen LogP contribution in [0.4, 0.5) is 0 Å². The molecule has 0 radical (unpaired) electrons. The largest absolute Gasteiger partial charge is 0.497 e. The van der Waals surface area contributed by atoms with Crippen molar-refractivity contribution >= 4 is 0 Å². The number of methoxy groups -OCH3 is 2. The molecule has 1 aromatic carbocycles. The van der Waals surface area contributed by atoms with E-state index in [4.69, 9.17) is 9.47 Å². The van der Waals surface area contributed by atoms with Gasteiger partial charge in [-0.15, -0.1) is 0 Å². The third-order valence-corrected chi connectivity index (χ3v) is 6.16. The Kier molecular flexibility index (Phi) is 3.77. The summed E-state index contributed by atoms with van der Waals surface area (Å²) in [6.45, 7) is 5.79. The second-order valence-electron chi connectivity index (χ2n) is 7.47. The molecule has 116 valence electrons. The molecule has 0 N–H and O–H groups in total. The number of fused-ring (bicyclic) bond motifs is 3. The topological polar surface area (TPSA) is 18.5 Å². The number of rotatable bonds is 3. The highest BCUT2D eigenvalue weighted by Gasteiger charge is 2.51. The van der Waals surface area contributed by atoms with Gasteiger partial charge in [-0.2, -0.15) is 0 Å². The molecule has 2 nitrogen and oxygen atoms in total. The molecular formula is C19H28O2. The second kappa shape index (κ2) is 5.31. The lowest BCUT2D eigenvalue weighted by Gasteiger charge is -2.55. The van der Waals surface area contributed by atoms with Gasteiger partial charge in [0, 0.05) is 7.11 Å². The van der Waals surface area contributed by atoms with Crippen molar-refractivity contribution in [3.63, 3.8) is 0 Å². The van der Waals surface area contributed by atoms with Crippen LogP contribution in [0.5, 0.6) is 5.75 Å². The lowest BCUT2D eigenvalue weighted by atomic mass is 9.50. The molecular weight excluding hydrogens is 260 g/mol. The van der Waals surface area contributed by atoms with E-state index < -0.39 is 0 Å². The fourth-order valence-electron chi connectivity index (χ4n) is 5.20. The lowest BCUT2D eigenvalue weighted by Crippen LogP contribution is -2.50. The average Bonchev–Trinajstić information content (AvgIpc) is 2.47. The highest BCUT2D eigenvalue weighted by Crippen LogP contribution is 2.57. The smallest absolute Gasteiger partial charge is 0.119 e. The number of hydrogen-bond acceptors (Lipinski definition) is 2. The Morgan fingerprint density at radius 3 is 2.71 bits per heavy atom. The van der Waals surface area contributed by atoms with Crippen LogP contribution in [-0.2, 0) is 16.6 Å². The van der Waals surface area contributed by atoms with Gasteiger partial charge in [-0.3, -0.25) is 0 Å². The molecule has 1 aromatic rings. The third kappa shape index (κ3) is 2.28. The van der Waals surface area contributed by atoms with Gasteiger partial charge in [-0.05, 0) is 65.7 Å². The molecule has 1 fully saturated rings. The summed E-state index contributed by atoms with van der Waals surface area (Å²) in [6, 6.07) is 6.68. The molecule has 0 unspecified atom stereocenters. The molecule has 2 aliphatic carbocycles. The fourth-order valence-corrected chi connectivity index (χ4v) is 5.20. The third-order valence-electron chi connectivity index (χ3n) is 6.16. The molecule has 0 aromatic heterocycles. The first-order chi connectivity index (χ1) is 10.0. The van der Waals surface area contributed by atoms with Crippen LogP contribution in [-0.4, -0.2) is 20.8 Å². The predicted octanol–water partition coefficient (Wildman–Crippen LogP) is 4.35. The number of aryl methyl sites for hydroxylation is 1. The SMILES string of the molecule is COC[C@@]1(C)CCC[C@]2(C)c3cc(OC)ccc3CC[C@@H]12. The van der Waals surface area contributed by atoms with Crippen LogP contribution < -0.4 is 4.74 Å². The molecule has 0 heterocycles. The van der Waals surface area contributed by atoms with Crippen molar-refractivity contribution in [1.82, 2.24) is 0 Å². The van der Waals surface area contributed by atoms with E-state index in [1.165, 1.54) is 43.2 Å². The Morgan fingerprint density at radius 2 is 2.00 bits per heavy atom. The van der Waals surface area contributed by atoms with Gasteiger partial charge < -0.3 is 9.47 Å². The van der Waals surface area contributed by atoms with Gasteiger partial charge in [0.05, 0.1) is 13.7 Å². The molecule has 0 bridgehead atoms. The summed E-state index contributed by atoms with van der Waals surface area (Å²) in [6.07, 6.45) is 6.36. The average molecular weight is 288 g/mol. The molecule has 0 saturated heterocycles. The Balaban J connectivity index is 2.05. The molecule has 0 spiro atoms. The van der Waals surface area contributed by atoms with Crippen LogP contribution >= 0.6 is 0 Å². The van der Waals surface area contributed by atoms with Crippen molar-refractivity contribution in [2.75, 3.05) is 20.8 Å². The first-order valence-electron chi connectivity index (χ1n) is 8.20. The quantitative estimate of drug-likeness (QED) is 0.823. The molecule has 1 saturated carbocycles.